The van der Waals surface area contributed by atoms with Gasteiger partial charge in [0, 0.05) is 23.4 Å². The summed E-state index contributed by atoms with van der Waals surface area (Å²) in [7, 11) is 0. The summed E-state index contributed by atoms with van der Waals surface area (Å²) in [4.78, 5) is 22.7. The van der Waals surface area contributed by atoms with Crippen molar-refractivity contribution < 1.29 is 4.79 Å². The quantitative estimate of drug-likeness (QED) is 0.411. The van der Waals surface area contributed by atoms with Crippen LogP contribution < -0.4 is 5.32 Å². The summed E-state index contributed by atoms with van der Waals surface area (Å²) in [5.74, 6) is 0.794. The number of anilines is 1. The second-order valence-corrected chi connectivity index (χ2v) is 8.96. The first-order valence-electron chi connectivity index (χ1n) is 10.7. The number of aromatic nitrogens is 6. The predicted molar refractivity (Wildman–Crippen MR) is 127 cm³/mol. The van der Waals surface area contributed by atoms with E-state index in [0.717, 1.165) is 40.2 Å². The molecule has 33 heavy (non-hydrogen) atoms. The van der Waals surface area contributed by atoms with E-state index in [1.807, 2.05) is 61.5 Å². The van der Waals surface area contributed by atoms with E-state index in [1.54, 1.807) is 10.9 Å². The first-order chi connectivity index (χ1) is 16.2. The van der Waals surface area contributed by atoms with E-state index in [0.29, 0.717) is 28.1 Å². The van der Waals surface area contributed by atoms with Gasteiger partial charge >= 0.3 is 0 Å². The minimum absolute atomic E-state index is 0.247. The van der Waals surface area contributed by atoms with Gasteiger partial charge in [0.25, 0.3) is 5.91 Å². The Hall–Kier alpha value is -3.98. The largest absolute Gasteiger partial charge is 0.296 e. The van der Waals surface area contributed by atoms with Crippen LogP contribution in [0, 0.1) is 6.92 Å². The molecule has 0 unspecified atom stereocenters. The average molecular weight is 454 g/mol. The number of carbonyl (C=O) groups is 1. The highest BCUT2D eigenvalue weighted by molar-refractivity contribution is 7.18. The highest BCUT2D eigenvalue weighted by atomic mass is 32.1. The van der Waals surface area contributed by atoms with Gasteiger partial charge in [-0.05, 0) is 38.0 Å². The molecular weight excluding hydrogens is 434 g/mol. The SMILES string of the molecule is Cc1nn(-c2ccccn2)c2nc(C3CC3)cc(C(=O)Nc3nnc(-c4ccccc4)s3)c12. The second-order valence-electron chi connectivity index (χ2n) is 7.99. The Morgan fingerprint density at radius 2 is 1.91 bits per heavy atom. The lowest BCUT2D eigenvalue weighted by molar-refractivity contribution is 0.102. The summed E-state index contributed by atoms with van der Waals surface area (Å²) >= 11 is 1.34. The van der Waals surface area contributed by atoms with Gasteiger partial charge in [-0.3, -0.25) is 10.1 Å². The normalized spacial score (nSPS) is 13.4. The maximum Gasteiger partial charge on any atom is 0.258 e. The molecule has 4 aromatic heterocycles. The van der Waals surface area contributed by atoms with Crippen molar-refractivity contribution in [2.45, 2.75) is 25.7 Å². The molecule has 0 spiro atoms. The summed E-state index contributed by atoms with van der Waals surface area (Å²) in [6.07, 6.45) is 3.87. The van der Waals surface area contributed by atoms with Gasteiger partial charge in [0.15, 0.2) is 11.5 Å². The lowest BCUT2D eigenvalue weighted by Crippen LogP contribution is -2.13. The average Bonchev–Trinajstić information content (AvgIpc) is 3.52. The van der Waals surface area contributed by atoms with Crippen molar-refractivity contribution in [3.8, 4) is 16.4 Å². The minimum Gasteiger partial charge on any atom is -0.296 e. The molecule has 0 atom stereocenters. The molecule has 0 bridgehead atoms. The van der Waals surface area contributed by atoms with Crippen molar-refractivity contribution >= 4 is 33.4 Å². The predicted octanol–water partition coefficient (Wildman–Crippen LogP) is 4.77. The maximum atomic E-state index is 13.4. The summed E-state index contributed by atoms with van der Waals surface area (Å²) in [5.41, 5.74) is 3.77. The Morgan fingerprint density at radius 3 is 2.67 bits per heavy atom. The second kappa shape index (κ2) is 7.86. The molecule has 4 heterocycles. The number of rotatable bonds is 5. The van der Waals surface area contributed by atoms with Crippen molar-refractivity contribution in [2.75, 3.05) is 5.32 Å². The number of carbonyl (C=O) groups excluding carboxylic acids is 1. The molecule has 0 radical (unpaired) electrons. The van der Waals surface area contributed by atoms with E-state index in [1.165, 1.54) is 11.3 Å². The Bertz CT molecular complexity index is 1470. The Kier molecular flexibility index (Phi) is 4.69. The summed E-state index contributed by atoms with van der Waals surface area (Å²) < 4.78 is 1.71. The number of hydrogen-bond donors (Lipinski definition) is 1. The number of hydrogen-bond acceptors (Lipinski definition) is 7. The molecule has 0 aliphatic heterocycles. The number of benzene rings is 1. The number of pyridine rings is 2. The molecule has 1 N–H and O–H groups in total. The third-order valence-corrected chi connectivity index (χ3v) is 6.49. The van der Waals surface area contributed by atoms with Gasteiger partial charge in [-0.1, -0.05) is 47.7 Å². The van der Waals surface area contributed by atoms with Gasteiger partial charge in [-0.25, -0.2) is 9.97 Å². The van der Waals surface area contributed by atoms with E-state index < -0.39 is 0 Å². The topological polar surface area (TPSA) is 98.5 Å². The molecule has 1 saturated carbocycles. The van der Waals surface area contributed by atoms with Gasteiger partial charge in [0.2, 0.25) is 5.13 Å². The fourth-order valence-electron chi connectivity index (χ4n) is 3.85. The van der Waals surface area contributed by atoms with Crippen LogP contribution in [-0.4, -0.2) is 35.9 Å². The molecule has 162 valence electrons. The fraction of sp³-hybridized carbons (Fsp3) is 0.167. The van der Waals surface area contributed by atoms with Crippen molar-refractivity contribution in [3.63, 3.8) is 0 Å². The smallest absolute Gasteiger partial charge is 0.258 e. The lowest BCUT2D eigenvalue weighted by atomic mass is 10.1. The van der Waals surface area contributed by atoms with E-state index >= 15 is 0 Å². The first kappa shape index (κ1) is 19.7. The molecule has 1 fully saturated rings. The van der Waals surface area contributed by atoms with Crippen molar-refractivity contribution in [1.82, 2.24) is 29.9 Å². The molecule has 8 nitrogen and oxygen atoms in total. The zero-order chi connectivity index (χ0) is 22.4. The molecule has 1 aliphatic rings. The van der Waals surface area contributed by atoms with Crippen LogP contribution in [0.25, 0.3) is 27.4 Å². The molecule has 1 aliphatic carbocycles. The van der Waals surface area contributed by atoms with Gasteiger partial charge in [0.05, 0.1) is 16.6 Å². The molecule has 9 heteroatoms. The van der Waals surface area contributed by atoms with Crippen LogP contribution >= 0.6 is 11.3 Å². The minimum atomic E-state index is -0.247. The number of aryl methyl sites for hydroxylation is 1. The number of nitrogens with one attached hydrogen (secondary N) is 1. The van der Waals surface area contributed by atoms with E-state index in [9.17, 15) is 4.79 Å². The third-order valence-electron chi connectivity index (χ3n) is 5.61. The zero-order valence-electron chi connectivity index (χ0n) is 17.8. The van der Waals surface area contributed by atoms with E-state index in [4.69, 9.17) is 4.98 Å². The van der Waals surface area contributed by atoms with Gasteiger partial charge < -0.3 is 0 Å². The Morgan fingerprint density at radius 1 is 1.09 bits per heavy atom. The Labute approximate surface area is 193 Å². The molecule has 1 aromatic carbocycles. The third kappa shape index (κ3) is 3.66. The highest BCUT2D eigenvalue weighted by Gasteiger charge is 2.29. The van der Waals surface area contributed by atoms with E-state index in [2.05, 4.69) is 25.6 Å². The van der Waals surface area contributed by atoms with Crippen molar-refractivity contribution in [2.24, 2.45) is 0 Å². The first-order valence-corrected chi connectivity index (χ1v) is 11.5. The van der Waals surface area contributed by atoms with Crippen LogP contribution in [0.4, 0.5) is 5.13 Å². The fourth-order valence-corrected chi connectivity index (χ4v) is 4.59. The standard InChI is InChI=1S/C24H19N7OS/c1-14-20-17(22(32)27-24-29-28-23(33-24)16-7-3-2-4-8-16)13-18(15-10-11-15)26-21(20)31(30-14)19-9-5-6-12-25-19/h2-9,12-13,15H,10-11H2,1H3,(H,27,29,32). The number of amides is 1. The van der Waals surface area contributed by atoms with Gasteiger partial charge in [0.1, 0.15) is 5.01 Å². The highest BCUT2D eigenvalue weighted by Crippen LogP contribution is 2.41. The van der Waals surface area contributed by atoms with Gasteiger partial charge in [-0.2, -0.15) is 9.78 Å². The molecule has 6 rings (SSSR count). The van der Waals surface area contributed by atoms with Crippen LogP contribution in [0.15, 0.2) is 60.8 Å². The van der Waals surface area contributed by atoms with Crippen molar-refractivity contribution in [1.29, 1.82) is 0 Å². The summed E-state index contributed by atoms with van der Waals surface area (Å²) in [6.45, 7) is 1.88. The monoisotopic (exact) mass is 453 g/mol. The summed E-state index contributed by atoms with van der Waals surface area (Å²) in [6, 6.07) is 17.3. The zero-order valence-corrected chi connectivity index (χ0v) is 18.6. The van der Waals surface area contributed by atoms with Crippen LogP contribution in [0.1, 0.15) is 40.5 Å². The molecule has 1 amide bonds. The van der Waals surface area contributed by atoms with Gasteiger partial charge in [-0.15, -0.1) is 10.2 Å². The Balaban J connectivity index is 1.41. The van der Waals surface area contributed by atoms with Crippen LogP contribution in [0.5, 0.6) is 0 Å². The molecular formula is C24H19N7OS. The van der Waals surface area contributed by atoms with E-state index in [-0.39, 0.29) is 5.91 Å². The molecule has 5 aromatic rings. The van der Waals surface area contributed by atoms with Crippen LogP contribution in [0.3, 0.4) is 0 Å². The van der Waals surface area contributed by atoms with Crippen LogP contribution in [0.2, 0.25) is 0 Å². The number of fused-ring (bicyclic) bond motifs is 1. The van der Waals surface area contributed by atoms with Crippen molar-refractivity contribution in [3.05, 3.63) is 77.7 Å². The molecule has 0 saturated heterocycles. The number of nitrogens with zero attached hydrogens (tertiary/aromatic N) is 6. The van der Waals surface area contributed by atoms with Crippen LogP contribution in [-0.2, 0) is 0 Å². The maximum absolute atomic E-state index is 13.4. The summed E-state index contributed by atoms with van der Waals surface area (Å²) in [5, 5.41) is 17.9. The lowest BCUT2D eigenvalue weighted by Gasteiger charge is -2.08.